The maximum absolute atomic E-state index is 13.6. The molecule has 1 aromatic carbocycles. The summed E-state index contributed by atoms with van der Waals surface area (Å²) in [4.78, 5) is 40.8. The van der Waals surface area contributed by atoms with E-state index in [0.717, 1.165) is 25.7 Å². The van der Waals surface area contributed by atoms with Crippen molar-refractivity contribution in [2.75, 3.05) is 13.2 Å². The Labute approximate surface area is 205 Å². The fourth-order valence-corrected chi connectivity index (χ4v) is 4.42. The van der Waals surface area contributed by atoms with Gasteiger partial charge in [0.25, 0.3) is 11.8 Å². The quantitative estimate of drug-likeness (QED) is 0.331. The van der Waals surface area contributed by atoms with Crippen LogP contribution in [0.2, 0.25) is 0 Å². The molecule has 0 aromatic heterocycles. The zero-order valence-electron chi connectivity index (χ0n) is 20.5. The maximum Gasteiger partial charge on any atom is 0.258 e. The molecule has 3 amide bonds. The number of nitrogens with zero attached hydrogens (tertiary/aromatic N) is 2. The van der Waals surface area contributed by atoms with Crippen molar-refractivity contribution < 1.29 is 19.1 Å². The third-order valence-electron chi connectivity index (χ3n) is 6.52. The molecule has 11 heteroatoms. The number of amides is 3. The van der Waals surface area contributed by atoms with Crippen LogP contribution in [0.5, 0.6) is 5.75 Å². The second-order valence-electron chi connectivity index (χ2n) is 10.1. The van der Waals surface area contributed by atoms with E-state index in [1.54, 1.807) is 29.2 Å². The number of likely N-dealkylation sites (tertiary alicyclic amines) is 1. The van der Waals surface area contributed by atoms with Crippen molar-refractivity contribution in [1.82, 2.24) is 32.0 Å². The predicted molar refractivity (Wildman–Crippen MR) is 130 cm³/mol. The minimum Gasteiger partial charge on any atom is -0.483 e. The summed E-state index contributed by atoms with van der Waals surface area (Å²) in [6.07, 6.45) is 4.06. The highest BCUT2D eigenvalue weighted by Crippen LogP contribution is 2.34. The number of hydrogen-bond acceptors (Lipinski definition) is 8. The van der Waals surface area contributed by atoms with Gasteiger partial charge in [0.15, 0.2) is 12.4 Å². The first-order valence-corrected chi connectivity index (χ1v) is 12.2. The van der Waals surface area contributed by atoms with Crippen LogP contribution in [-0.2, 0) is 9.59 Å². The number of hydrazone groups is 1. The summed E-state index contributed by atoms with van der Waals surface area (Å²) in [6, 6.07) is 5.88. The van der Waals surface area contributed by atoms with Crippen LogP contribution in [0.3, 0.4) is 0 Å². The molecule has 3 aliphatic rings. The van der Waals surface area contributed by atoms with Crippen molar-refractivity contribution in [2.24, 2.45) is 11.0 Å². The van der Waals surface area contributed by atoms with Crippen LogP contribution in [-0.4, -0.2) is 59.2 Å². The fourth-order valence-electron chi connectivity index (χ4n) is 4.42. The van der Waals surface area contributed by atoms with Crippen LogP contribution >= 0.6 is 0 Å². The van der Waals surface area contributed by atoms with Crippen LogP contribution < -0.4 is 31.9 Å². The average molecular weight is 486 g/mol. The first-order chi connectivity index (χ1) is 16.8. The van der Waals surface area contributed by atoms with Crippen molar-refractivity contribution >= 4 is 23.6 Å². The van der Waals surface area contributed by atoms with Crippen molar-refractivity contribution in [3.8, 4) is 5.75 Å². The average Bonchev–Trinajstić information content (AvgIpc) is 3.24. The highest BCUT2D eigenvalue weighted by atomic mass is 16.5. The number of carbonyl (C=O) groups is 3. The summed E-state index contributed by atoms with van der Waals surface area (Å²) in [5.74, 6) is 0.376. The number of amidine groups is 1. The van der Waals surface area contributed by atoms with Gasteiger partial charge in [-0.2, -0.15) is 0 Å². The van der Waals surface area contributed by atoms with Crippen molar-refractivity contribution in [3.63, 3.8) is 0 Å². The van der Waals surface area contributed by atoms with E-state index in [2.05, 4.69) is 32.2 Å². The summed E-state index contributed by atoms with van der Waals surface area (Å²) in [5.41, 5.74) is 8.44. The molecule has 5 N–H and O–H groups in total. The lowest BCUT2D eigenvalue weighted by Gasteiger charge is -2.30. The van der Waals surface area contributed by atoms with Gasteiger partial charge >= 0.3 is 0 Å². The molecule has 2 heterocycles. The molecular weight excluding hydrogens is 450 g/mol. The molecule has 1 aromatic rings. The Bertz CT molecular complexity index is 992. The molecule has 0 spiro atoms. The zero-order valence-corrected chi connectivity index (χ0v) is 20.5. The molecule has 11 nitrogen and oxygen atoms in total. The first-order valence-electron chi connectivity index (χ1n) is 12.2. The summed E-state index contributed by atoms with van der Waals surface area (Å²) >= 11 is 0. The Morgan fingerprint density at radius 1 is 1.26 bits per heavy atom. The number of para-hydroxylation sites is 1. The first kappa shape index (κ1) is 24.8. The molecule has 0 radical (unpaired) electrons. The lowest BCUT2D eigenvalue weighted by molar-refractivity contribution is -0.133. The lowest BCUT2D eigenvalue weighted by atomic mass is 10.0. The Hall–Kier alpha value is -3.34. The molecule has 0 bridgehead atoms. The van der Waals surface area contributed by atoms with Gasteiger partial charge in [-0.3, -0.25) is 19.8 Å². The molecule has 1 aliphatic carbocycles. The number of carbonyl (C=O) groups excluding carboxylic acids is 3. The smallest absolute Gasteiger partial charge is 0.258 e. The molecule has 1 saturated heterocycles. The number of ether oxygens (including phenoxy) is 1. The molecule has 2 fully saturated rings. The lowest BCUT2D eigenvalue weighted by Crippen LogP contribution is -2.54. The van der Waals surface area contributed by atoms with Crippen molar-refractivity contribution in [1.29, 1.82) is 0 Å². The summed E-state index contributed by atoms with van der Waals surface area (Å²) in [6.45, 7) is 6.44. The molecule has 1 saturated carbocycles. The van der Waals surface area contributed by atoms with Crippen molar-refractivity contribution in [3.05, 3.63) is 29.8 Å². The monoisotopic (exact) mass is 485 g/mol. The molecule has 2 atom stereocenters. The molecule has 4 rings (SSSR count). The predicted octanol–water partition coefficient (Wildman–Crippen LogP) is 0.796. The highest BCUT2D eigenvalue weighted by Gasteiger charge is 2.39. The molecule has 190 valence electrons. The molecule has 35 heavy (non-hydrogen) atoms. The third kappa shape index (κ3) is 6.21. The number of nitrogens with one attached hydrogen (secondary N) is 5. The van der Waals surface area contributed by atoms with E-state index in [0.29, 0.717) is 24.6 Å². The second-order valence-corrected chi connectivity index (χ2v) is 10.1. The van der Waals surface area contributed by atoms with Gasteiger partial charge in [0.1, 0.15) is 11.8 Å². The molecular formula is C24H35N7O4. The van der Waals surface area contributed by atoms with Gasteiger partial charge in [-0.05, 0) is 57.1 Å². The minimum absolute atomic E-state index is 0.138. The van der Waals surface area contributed by atoms with E-state index < -0.39 is 11.9 Å². The summed E-state index contributed by atoms with van der Waals surface area (Å²) < 4.78 is 5.70. The van der Waals surface area contributed by atoms with Crippen molar-refractivity contribution in [2.45, 2.75) is 70.5 Å². The Morgan fingerprint density at radius 3 is 2.71 bits per heavy atom. The van der Waals surface area contributed by atoms with Crippen LogP contribution in [0.1, 0.15) is 63.2 Å². The summed E-state index contributed by atoms with van der Waals surface area (Å²) in [7, 11) is 0. The van der Waals surface area contributed by atoms with Crippen LogP contribution in [0, 0.1) is 5.92 Å². The van der Waals surface area contributed by atoms with Crippen LogP contribution in [0.4, 0.5) is 0 Å². The topological polar surface area (TPSA) is 136 Å². The van der Waals surface area contributed by atoms with E-state index >= 15 is 0 Å². The number of hydrazine groups is 2. The van der Waals surface area contributed by atoms with Gasteiger partial charge in [0.2, 0.25) is 5.91 Å². The number of hydrogen-bond donors (Lipinski definition) is 5. The van der Waals surface area contributed by atoms with Gasteiger partial charge in [-0.15, -0.1) is 10.6 Å². The fraction of sp³-hybridized carbons (Fsp3) is 0.583. The van der Waals surface area contributed by atoms with Gasteiger partial charge in [0, 0.05) is 12.1 Å². The van der Waals surface area contributed by atoms with E-state index in [-0.39, 0.29) is 41.5 Å². The Balaban J connectivity index is 1.44. The van der Waals surface area contributed by atoms with Crippen LogP contribution in [0.15, 0.2) is 29.4 Å². The van der Waals surface area contributed by atoms with E-state index in [1.165, 1.54) is 0 Å². The molecule has 2 aliphatic heterocycles. The van der Waals surface area contributed by atoms with Gasteiger partial charge in [-0.1, -0.05) is 26.0 Å². The van der Waals surface area contributed by atoms with Crippen LogP contribution in [0.25, 0.3) is 0 Å². The van der Waals surface area contributed by atoms with E-state index in [9.17, 15) is 14.4 Å². The normalized spacial score (nSPS) is 21.0. The molecule has 0 unspecified atom stereocenters. The van der Waals surface area contributed by atoms with Gasteiger partial charge < -0.3 is 20.3 Å². The number of rotatable bonds is 10. The maximum atomic E-state index is 13.6. The van der Waals surface area contributed by atoms with E-state index in [4.69, 9.17) is 4.74 Å². The Morgan fingerprint density at radius 2 is 2.03 bits per heavy atom. The van der Waals surface area contributed by atoms with E-state index in [1.807, 2.05) is 20.8 Å². The largest absolute Gasteiger partial charge is 0.483 e. The SMILES string of the molecule is CC(C)C[C@@H](NC(=O)c1ccccc1OCC(=O)NC1(C)CC1)C(=O)N1CCC[C@@H]1C1=NNNN1. The third-order valence-corrected chi connectivity index (χ3v) is 6.52. The number of benzene rings is 1. The minimum atomic E-state index is -0.697. The standard InChI is InChI=1S/C24H35N7O4/c1-15(2)13-17(23(34)31-12-6-8-18(31)21-27-29-30-28-21)25-22(33)16-7-4-5-9-19(16)35-14-20(32)26-24(3)10-11-24/h4-5,7,9,15,17-18,29-30H,6,8,10-14H2,1-3H3,(H,25,33)(H,26,32)(H,27,28)/t17-,18-/m1/s1. The highest BCUT2D eigenvalue weighted by molar-refractivity contribution is 6.00. The van der Waals surface area contributed by atoms with Gasteiger partial charge in [0.05, 0.1) is 11.6 Å². The van der Waals surface area contributed by atoms with Gasteiger partial charge in [-0.25, -0.2) is 5.53 Å². The Kier molecular flexibility index (Phi) is 7.44. The summed E-state index contributed by atoms with van der Waals surface area (Å²) in [5, 5.41) is 10.0. The second kappa shape index (κ2) is 10.5. The zero-order chi connectivity index (χ0) is 25.0.